The molecule has 0 unspecified atom stereocenters. The number of methoxy groups -OCH3 is 1. The Balaban J connectivity index is 1.82. The van der Waals surface area contributed by atoms with Crippen LogP contribution < -0.4 is 4.74 Å². The SMILES string of the molecule is CCCO[C@@H]1CCCN(C(=O)c2cccc(-c3c(C)ncnc3OC)c2)C1. The van der Waals surface area contributed by atoms with E-state index in [4.69, 9.17) is 9.47 Å². The Bertz CT molecular complexity index is 794. The van der Waals surface area contributed by atoms with Crippen LogP contribution in [-0.2, 0) is 4.74 Å². The zero-order valence-corrected chi connectivity index (χ0v) is 16.3. The maximum absolute atomic E-state index is 13.0. The van der Waals surface area contributed by atoms with Gasteiger partial charge in [-0.2, -0.15) is 0 Å². The molecule has 1 aromatic carbocycles. The van der Waals surface area contributed by atoms with Gasteiger partial charge in [0.2, 0.25) is 5.88 Å². The normalized spacial score (nSPS) is 17.0. The summed E-state index contributed by atoms with van der Waals surface area (Å²) < 4.78 is 11.2. The first-order valence-corrected chi connectivity index (χ1v) is 9.51. The molecule has 6 heteroatoms. The first-order valence-electron chi connectivity index (χ1n) is 9.51. The fraction of sp³-hybridized carbons (Fsp3) is 0.476. The van der Waals surface area contributed by atoms with Crippen molar-refractivity contribution in [1.82, 2.24) is 14.9 Å². The van der Waals surface area contributed by atoms with Crippen LogP contribution in [0, 0.1) is 6.92 Å². The highest BCUT2D eigenvalue weighted by atomic mass is 16.5. The minimum atomic E-state index is 0.0371. The van der Waals surface area contributed by atoms with Crippen LogP contribution in [0.4, 0.5) is 0 Å². The van der Waals surface area contributed by atoms with Gasteiger partial charge in [-0.15, -0.1) is 0 Å². The molecule has 0 radical (unpaired) electrons. The average molecular weight is 369 g/mol. The van der Waals surface area contributed by atoms with Crippen molar-refractivity contribution in [3.05, 3.63) is 41.9 Å². The van der Waals surface area contributed by atoms with E-state index in [9.17, 15) is 4.79 Å². The van der Waals surface area contributed by atoms with Gasteiger partial charge in [0, 0.05) is 25.3 Å². The maximum Gasteiger partial charge on any atom is 0.253 e. The number of benzene rings is 1. The van der Waals surface area contributed by atoms with Crippen molar-refractivity contribution in [2.45, 2.75) is 39.2 Å². The molecule has 27 heavy (non-hydrogen) atoms. The van der Waals surface area contributed by atoms with Gasteiger partial charge in [-0.25, -0.2) is 9.97 Å². The van der Waals surface area contributed by atoms with Gasteiger partial charge in [0.25, 0.3) is 5.91 Å². The Morgan fingerprint density at radius 2 is 2.19 bits per heavy atom. The zero-order chi connectivity index (χ0) is 19.2. The summed E-state index contributed by atoms with van der Waals surface area (Å²) in [5.74, 6) is 0.549. The van der Waals surface area contributed by atoms with Crippen LogP contribution in [0.25, 0.3) is 11.1 Å². The van der Waals surface area contributed by atoms with Crippen LogP contribution >= 0.6 is 0 Å². The monoisotopic (exact) mass is 369 g/mol. The Labute approximate surface area is 160 Å². The van der Waals surface area contributed by atoms with E-state index in [0.29, 0.717) is 18.0 Å². The molecule has 0 N–H and O–H groups in total. The highest BCUT2D eigenvalue weighted by Crippen LogP contribution is 2.31. The van der Waals surface area contributed by atoms with E-state index in [0.717, 1.165) is 49.2 Å². The van der Waals surface area contributed by atoms with Gasteiger partial charge in [-0.3, -0.25) is 4.79 Å². The molecule has 144 valence electrons. The number of aryl methyl sites for hydroxylation is 1. The molecule has 3 rings (SSSR count). The number of likely N-dealkylation sites (tertiary alicyclic amines) is 1. The third-order valence-corrected chi connectivity index (χ3v) is 4.82. The second kappa shape index (κ2) is 8.95. The zero-order valence-electron chi connectivity index (χ0n) is 16.3. The predicted octanol–water partition coefficient (Wildman–Crippen LogP) is 3.49. The first-order chi connectivity index (χ1) is 13.1. The molecule has 1 amide bonds. The minimum Gasteiger partial charge on any atom is -0.480 e. The molecule has 1 saturated heterocycles. The van der Waals surface area contributed by atoms with Crippen molar-refractivity contribution in [3.8, 4) is 17.0 Å². The van der Waals surface area contributed by atoms with Gasteiger partial charge >= 0.3 is 0 Å². The van der Waals surface area contributed by atoms with Gasteiger partial charge in [0.1, 0.15) is 6.33 Å². The van der Waals surface area contributed by atoms with E-state index in [1.54, 1.807) is 7.11 Å². The predicted molar refractivity (Wildman–Crippen MR) is 104 cm³/mol. The van der Waals surface area contributed by atoms with Crippen molar-refractivity contribution in [3.63, 3.8) is 0 Å². The number of carbonyl (C=O) groups excluding carboxylic acids is 1. The number of rotatable bonds is 6. The molecule has 2 heterocycles. The molecule has 1 fully saturated rings. The van der Waals surface area contributed by atoms with Crippen LogP contribution in [0.5, 0.6) is 5.88 Å². The summed E-state index contributed by atoms with van der Waals surface area (Å²) in [6, 6.07) is 7.60. The van der Waals surface area contributed by atoms with Crippen molar-refractivity contribution < 1.29 is 14.3 Å². The summed E-state index contributed by atoms with van der Waals surface area (Å²) in [7, 11) is 1.59. The molecule has 0 saturated carbocycles. The lowest BCUT2D eigenvalue weighted by atomic mass is 10.0. The Morgan fingerprint density at radius 1 is 1.33 bits per heavy atom. The lowest BCUT2D eigenvalue weighted by molar-refractivity contribution is 0.00211. The third kappa shape index (κ3) is 4.45. The molecule has 1 aliphatic heterocycles. The van der Waals surface area contributed by atoms with Crippen LogP contribution in [0.2, 0.25) is 0 Å². The van der Waals surface area contributed by atoms with Crippen molar-refractivity contribution >= 4 is 5.91 Å². The fourth-order valence-electron chi connectivity index (χ4n) is 3.47. The number of ether oxygens (including phenoxy) is 2. The largest absolute Gasteiger partial charge is 0.480 e. The summed E-state index contributed by atoms with van der Waals surface area (Å²) in [6.07, 6.45) is 4.60. The van der Waals surface area contributed by atoms with Crippen LogP contribution in [0.1, 0.15) is 42.2 Å². The number of hydrogen-bond acceptors (Lipinski definition) is 5. The van der Waals surface area contributed by atoms with Crippen molar-refractivity contribution in [1.29, 1.82) is 0 Å². The number of amides is 1. The molecule has 0 aliphatic carbocycles. The van der Waals surface area contributed by atoms with Crippen LogP contribution in [0.3, 0.4) is 0 Å². The van der Waals surface area contributed by atoms with Gasteiger partial charge in [0.05, 0.1) is 24.5 Å². The third-order valence-electron chi connectivity index (χ3n) is 4.82. The summed E-state index contributed by atoms with van der Waals surface area (Å²) in [5, 5.41) is 0. The molecule has 6 nitrogen and oxygen atoms in total. The number of piperidine rings is 1. The average Bonchev–Trinajstić information content (AvgIpc) is 2.71. The summed E-state index contributed by atoms with van der Waals surface area (Å²) in [6.45, 7) is 6.18. The molecule has 2 aromatic rings. The van der Waals surface area contributed by atoms with Crippen molar-refractivity contribution in [2.75, 3.05) is 26.8 Å². The quantitative estimate of drug-likeness (QED) is 0.780. The van der Waals surface area contributed by atoms with E-state index < -0.39 is 0 Å². The molecular formula is C21H27N3O3. The van der Waals surface area contributed by atoms with E-state index in [-0.39, 0.29) is 12.0 Å². The first kappa shape index (κ1) is 19.3. The van der Waals surface area contributed by atoms with Gasteiger partial charge in [-0.1, -0.05) is 19.1 Å². The molecule has 0 bridgehead atoms. The summed E-state index contributed by atoms with van der Waals surface area (Å²) in [4.78, 5) is 23.4. The fourth-order valence-corrected chi connectivity index (χ4v) is 3.47. The van der Waals surface area contributed by atoms with E-state index in [1.165, 1.54) is 6.33 Å². The standard InChI is InChI=1S/C21H27N3O3/c1-4-11-27-18-9-6-10-24(13-18)21(25)17-8-5-7-16(12-17)19-15(2)22-14-23-20(19)26-3/h5,7-8,12,14,18H,4,6,9-11,13H2,1-3H3/t18-/m1/s1. The molecule has 1 aliphatic rings. The molecule has 1 atom stereocenters. The molecular weight excluding hydrogens is 342 g/mol. The highest BCUT2D eigenvalue weighted by molar-refractivity contribution is 5.95. The van der Waals surface area contributed by atoms with Gasteiger partial charge in [-0.05, 0) is 43.9 Å². The Morgan fingerprint density at radius 3 is 2.96 bits per heavy atom. The topological polar surface area (TPSA) is 64.5 Å². The smallest absolute Gasteiger partial charge is 0.253 e. The molecule has 1 aromatic heterocycles. The lowest BCUT2D eigenvalue weighted by Crippen LogP contribution is -2.43. The van der Waals surface area contributed by atoms with Crippen LogP contribution in [0.15, 0.2) is 30.6 Å². The Kier molecular flexibility index (Phi) is 6.40. The molecule has 0 spiro atoms. The second-order valence-corrected chi connectivity index (χ2v) is 6.81. The summed E-state index contributed by atoms with van der Waals surface area (Å²) in [5.41, 5.74) is 3.18. The lowest BCUT2D eigenvalue weighted by Gasteiger charge is -2.32. The van der Waals surface area contributed by atoms with E-state index >= 15 is 0 Å². The number of hydrogen-bond donors (Lipinski definition) is 0. The van der Waals surface area contributed by atoms with E-state index in [1.807, 2.05) is 36.1 Å². The number of aromatic nitrogens is 2. The maximum atomic E-state index is 13.0. The second-order valence-electron chi connectivity index (χ2n) is 6.81. The van der Waals surface area contributed by atoms with E-state index in [2.05, 4.69) is 16.9 Å². The van der Waals surface area contributed by atoms with Crippen molar-refractivity contribution in [2.24, 2.45) is 0 Å². The summed E-state index contributed by atoms with van der Waals surface area (Å²) >= 11 is 0. The highest BCUT2D eigenvalue weighted by Gasteiger charge is 2.25. The number of carbonyl (C=O) groups is 1. The Hall–Kier alpha value is -2.47. The minimum absolute atomic E-state index is 0.0371. The van der Waals surface area contributed by atoms with Gasteiger partial charge < -0.3 is 14.4 Å². The number of nitrogens with zero attached hydrogens (tertiary/aromatic N) is 3. The van der Waals surface area contributed by atoms with Crippen LogP contribution in [-0.4, -0.2) is 53.7 Å². The van der Waals surface area contributed by atoms with Gasteiger partial charge in [0.15, 0.2) is 0 Å².